The molecule has 1 heterocycles. The highest BCUT2D eigenvalue weighted by Crippen LogP contribution is 2.24. The number of benzene rings is 2. The Bertz CT molecular complexity index is 852. The first-order valence-electron chi connectivity index (χ1n) is 8.08. The summed E-state index contributed by atoms with van der Waals surface area (Å²) in [5.41, 5.74) is 1.86. The van der Waals surface area contributed by atoms with Gasteiger partial charge >= 0.3 is 0 Å². The Morgan fingerprint density at radius 1 is 1.19 bits per heavy atom. The van der Waals surface area contributed by atoms with Gasteiger partial charge in [-0.05, 0) is 47.2 Å². The van der Waals surface area contributed by atoms with Gasteiger partial charge in [0.15, 0.2) is 0 Å². The first kappa shape index (κ1) is 17.9. The van der Waals surface area contributed by atoms with Crippen LogP contribution in [0, 0.1) is 0 Å². The van der Waals surface area contributed by atoms with E-state index in [1.165, 1.54) is 11.8 Å². The molecule has 0 spiro atoms. The Labute approximate surface area is 155 Å². The van der Waals surface area contributed by atoms with E-state index in [-0.39, 0.29) is 11.2 Å². The van der Waals surface area contributed by atoms with Crippen molar-refractivity contribution in [2.24, 2.45) is 0 Å². The molecule has 0 radical (unpaired) electrons. The molecular formula is C18H19N5O2S. The third kappa shape index (κ3) is 4.40. The molecule has 0 aliphatic carbocycles. The molecule has 0 saturated carbocycles. The summed E-state index contributed by atoms with van der Waals surface area (Å²) in [7, 11) is 1.61. The summed E-state index contributed by atoms with van der Waals surface area (Å²) in [5, 5.41) is 14.9. The highest BCUT2D eigenvalue weighted by molar-refractivity contribution is 8.00. The zero-order chi connectivity index (χ0) is 18.4. The Morgan fingerprint density at radius 2 is 1.92 bits per heavy atom. The number of hydrogen-bond acceptors (Lipinski definition) is 6. The van der Waals surface area contributed by atoms with Crippen LogP contribution in [0.2, 0.25) is 0 Å². The fourth-order valence-corrected chi connectivity index (χ4v) is 3.11. The quantitative estimate of drug-likeness (QED) is 0.644. The molecule has 3 aromatic rings. The number of ether oxygens (including phenoxy) is 1. The van der Waals surface area contributed by atoms with Crippen LogP contribution in [-0.2, 0) is 11.3 Å². The molecule has 0 bridgehead atoms. The van der Waals surface area contributed by atoms with E-state index in [0.717, 1.165) is 17.0 Å². The van der Waals surface area contributed by atoms with E-state index in [2.05, 4.69) is 20.8 Å². The minimum Gasteiger partial charge on any atom is -0.497 e. The largest absolute Gasteiger partial charge is 0.497 e. The summed E-state index contributed by atoms with van der Waals surface area (Å²) in [6.45, 7) is 2.33. The average Bonchev–Trinajstić information content (AvgIpc) is 3.15. The maximum absolute atomic E-state index is 12.3. The Morgan fingerprint density at radius 3 is 2.62 bits per heavy atom. The van der Waals surface area contributed by atoms with Crippen LogP contribution in [0.15, 0.2) is 59.8 Å². The number of hydrogen-bond donors (Lipinski definition) is 1. The van der Waals surface area contributed by atoms with Crippen molar-refractivity contribution >= 4 is 17.7 Å². The maximum Gasteiger partial charge on any atom is 0.233 e. The lowest BCUT2D eigenvalue weighted by atomic mass is 10.2. The van der Waals surface area contributed by atoms with E-state index in [0.29, 0.717) is 11.7 Å². The molecule has 0 aliphatic heterocycles. The molecule has 1 amide bonds. The minimum absolute atomic E-state index is 0.0665. The third-order valence-electron chi connectivity index (χ3n) is 3.72. The summed E-state index contributed by atoms with van der Waals surface area (Å²) >= 11 is 1.31. The molecule has 26 heavy (non-hydrogen) atoms. The third-order valence-corrected chi connectivity index (χ3v) is 4.75. The van der Waals surface area contributed by atoms with Crippen LogP contribution in [0.5, 0.6) is 5.75 Å². The molecular weight excluding hydrogens is 350 g/mol. The van der Waals surface area contributed by atoms with E-state index in [1.54, 1.807) is 11.8 Å². The monoisotopic (exact) mass is 369 g/mol. The van der Waals surface area contributed by atoms with Crippen LogP contribution in [-0.4, -0.2) is 38.5 Å². The minimum atomic E-state index is -0.332. The molecule has 0 aliphatic rings. The van der Waals surface area contributed by atoms with Gasteiger partial charge in [0.1, 0.15) is 5.75 Å². The van der Waals surface area contributed by atoms with E-state index in [9.17, 15) is 4.79 Å². The number of nitrogens with zero attached hydrogens (tertiary/aromatic N) is 4. The van der Waals surface area contributed by atoms with Gasteiger partial charge in [-0.25, -0.2) is 0 Å². The summed E-state index contributed by atoms with van der Waals surface area (Å²) in [5.74, 6) is 0.688. The van der Waals surface area contributed by atoms with Gasteiger partial charge in [0, 0.05) is 6.54 Å². The molecule has 0 saturated heterocycles. The van der Waals surface area contributed by atoms with Crippen LogP contribution in [0.25, 0.3) is 5.69 Å². The van der Waals surface area contributed by atoms with Crippen molar-refractivity contribution in [2.45, 2.75) is 23.9 Å². The number of nitrogens with one attached hydrogen (secondary N) is 1. The molecule has 1 aromatic heterocycles. The van der Waals surface area contributed by atoms with Crippen LogP contribution in [0.4, 0.5) is 0 Å². The van der Waals surface area contributed by atoms with Gasteiger partial charge < -0.3 is 10.1 Å². The highest BCUT2D eigenvalue weighted by atomic mass is 32.2. The van der Waals surface area contributed by atoms with Gasteiger partial charge in [0.2, 0.25) is 11.1 Å². The molecule has 0 unspecified atom stereocenters. The Kier molecular flexibility index (Phi) is 5.85. The molecule has 1 atom stereocenters. The van der Waals surface area contributed by atoms with Crippen LogP contribution in [0.1, 0.15) is 12.5 Å². The van der Waals surface area contributed by atoms with Crippen molar-refractivity contribution in [1.29, 1.82) is 0 Å². The van der Waals surface area contributed by atoms with E-state index in [1.807, 2.05) is 61.5 Å². The van der Waals surface area contributed by atoms with Gasteiger partial charge in [-0.15, -0.1) is 5.10 Å². The van der Waals surface area contributed by atoms with Crippen LogP contribution >= 0.6 is 11.8 Å². The van der Waals surface area contributed by atoms with Gasteiger partial charge in [0.25, 0.3) is 0 Å². The lowest BCUT2D eigenvalue weighted by molar-refractivity contribution is -0.120. The Hall–Kier alpha value is -2.87. The second kappa shape index (κ2) is 8.48. The standard InChI is InChI=1S/C18H19N5O2S/c1-13(17(24)19-12-14-6-4-3-5-7-14)26-18-20-21-22-23(18)15-8-10-16(25-2)11-9-15/h3-11,13H,12H2,1-2H3,(H,19,24)/t13-/m1/s1. The fraction of sp³-hybridized carbons (Fsp3) is 0.222. The number of aromatic nitrogens is 4. The zero-order valence-electron chi connectivity index (χ0n) is 14.5. The van der Waals surface area contributed by atoms with Crippen molar-refractivity contribution in [3.05, 3.63) is 60.2 Å². The number of carbonyl (C=O) groups excluding carboxylic acids is 1. The first-order valence-corrected chi connectivity index (χ1v) is 8.96. The second-order valence-corrected chi connectivity index (χ2v) is 6.84. The molecule has 2 aromatic carbocycles. The highest BCUT2D eigenvalue weighted by Gasteiger charge is 2.19. The van der Waals surface area contributed by atoms with Crippen LogP contribution in [0.3, 0.4) is 0 Å². The van der Waals surface area contributed by atoms with Crippen molar-refractivity contribution in [1.82, 2.24) is 25.5 Å². The predicted molar refractivity (Wildman–Crippen MR) is 99.3 cm³/mol. The van der Waals surface area contributed by atoms with E-state index in [4.69, 9.17) is 4.74 Å². The lowest BCUT2D eigenvalue weighted by Gasteiger charge is -2.12. The number of carbonyl (C=O) groups is 1. The number of tetrazole rings is 1. The lowest BCUT2D eigenvalue weighted by Crippen LogP contribution is -2.30. The smallest absolute Gasteiger partial charge is 0.233 e. The molecule has 0 fully saturated rings. The van der Waals surface area contributed by atoms with Gasteiger partial charge in [-0.1, -0.05) is 42.1 Å². The molecule has 134 valence electrons. The predicted octanol–water partition coefficient (Wildman–Crippen LogP) is 2.47. The van der Waals surface area contributed by atoms with Crippen molar-refractivity contribution < 1.29 is 9.53 Å². The second-order valence-electron chi connectivity index (χ2n) is 5.53. The van der Waals surface area contributed by atoms with Gasteiger partial charge in [-0.3, -0.25) is 4.79 Å². The van der Waals surface area contributed by atoms with Gasteiger partial charge in [-0.2, -0.15) is 4.68 Å². The number of methoxy groups -OCH3 is 1. The van der Waals surface area contributed by atoms with Gasteiger partial charge in [0.05, 0.1) is 18.0 Å². The zero-order valence-corrected chi connectivity index (χ0v) is 15.3. The summed E-state index contributed by atoms with van der Waals surface area (Å²) in [6.07, 6.45) is 0. The molecule has 8 heteroatoms. The summed E-state index contributed by atoms with van der Waals surface area (Å²) in [4.78, 5) is 12.3. The van der Waals surface area contributed by atoms with Crippen molar-refractivity contribution in [3.8, 4) is 11.4 Å². The van der Waals surface area contributed by atoms with Crippen molar-refractivity contribution in [2.75, 3.05) is 7.11 Å². The Balaban J connectivity index is 1.63. The molecule has 3 rings (SSSR count). The van der Waals surface area contributed by atoms with E-state index < -0.39 is 0 Å². The molecule has 7 nitrogen and oxygen atoms in total. The van der Waals surface area contributed by atoms with Crippen molar-refractivity contribution in [3.63, 3.8) is 0 Å². The summed E-state index contributed by atoms with van der Waals surface area (Å²) < 4.78 is 6.76. The summed E-state index contributed by atoms with van der Waals surface area (Å²) in [6, 6.07) is 17.2. The van der Waals surface area contributed by atoms with E-state index >= 15 is 0 Å². The molecule has 1 N–H and O–H groups in total. The SMILES string of the molecule is COc1ccc(-n2nnnc2S[C@H](C)C(=O)NCc2ccccc2)cc1. The number of rotatable bonds is 7. The first-order chi connectivity index (χ1) is 12.7. The number of thioether (sulfide) groups is 1. The van der Waals surface area contributed by atoms with Crippen LogP contribution < -0.4 is 10.1 Å². The number of amides is 1. The maximum atomic E-state index is 12.3. The fourth-order valence-electron chi connectivity index (χ4n) is 2.28. The topological polar surface area (TPSA) is 81.9 Å². The average molecular weight is 369 g/mol. The normalized spacial score (nSPS) is 11.8.